The third-order valence-corrected chi connectivity index (χ3v) is 4.85. The predicted molar refractivity (Wildman–Crippen MR) is 105 cm³/mol. The van der Waals surface area contributed by atoms with Gasteiger partial charge >= 0.3 is 0 Å². The maximum absolute atomic E-state index is 4.93. The summed E-state index contributed by atoms with van der Waals surface area (Å²) in [5.41, 5.74) is 4.94. The lowest BCUT2D eigenvalue weighted by atomic mass is 9.96. The Kier molecular flexibility index (Phi) is 3.25. The Balaban J connectivity index is 2.03. The van der Waals surface area contributed by atoms with Crippen LogP contribution in [0.2, 0.25) is 0 Å². The van der Waals surface area contributed by atoms with Gasteiger partial charge in [-0.05, 0) is 39.7 Å². The van der Waals surface area contributed by atoms with E-state index in [0.29, 0.717) is 5.65 Å². The molecule has 0 saturated carbocycles. The van der Waals surface area contributed by atoms with Crippen molar-refractivity contribution in [2.24, 2.45) is 0 Å². The van der Waals surface area contributed by atoms with E-state index in [-0.39, 0.29) is 0 Å². The number of hydrogen-bond donors (Lipinski definition) is 0. The average Bonchev–Trinajstić information content (AvgIpc) is 2.66. The second-order valence-corrected chi connectivity index (χ2v) is 6.71. The van der Waals surface area contributed by atoms with Crippen molar-refractivity contribution >= 4 is 48.8 Å². The second-order valence-electron chi connectivity index (χ2n) is 5.90. The van der Waals surface area contributed by atoms with E-state index in [1.165, 1.54) is 5.56 Å². The van der Waals surface area contributed by atoms with Crippen LogP contribution in [-0.2, 0) is 0 Å². The van der Waals surface area contributed by atoms with Gasteiger partial charge in [-0.1, -0.05) is 48.5 Å². The molecule has 3 aromatic heterocycles. The molecule has 0 unspecified atom stereocenters. The van der Waals surface area contributed by atoms with E-state index >= 15 is 0 Å². The SMILES string of the molecule is Brc1ccc2c(ncc3c(-c4ccccc4)c4ccccc4nc32)n1. The topological polar surface area (TPSA) is 38.7 Å². The zero-order valence-corrected chi connectivity index (χ0v) is 14.7. The summed E-state index contributed by atoms with van der Waals surface area (Å²) in [6.07, 6.45) is 1.89. The van der Waals surface area contributed by atoms with Crippen LogP contribution in [0.3, 0.4) is 0 Å². The van der Waals surface area contributed by atoms with Gasteiger partial charge in [0.25, 0.3) is 0 Å². The van der Waals surface area contributed by atoms with Gasteiger partial charge in [0.05, 0.1) is 11.0 Å². The number of fused-ring (bicyclic) bond motifs is 4. The fourth-order valence-corrected chi connectivity index (χ4v) is 3.61. The summed E-state index contributed by atoms with van der Waals surface area (Å²) < 4.78 is 0.774. The van der Waals surface area contributed by atoms with Crippen molar-refractivity contribution in [3.8, 4) is 11.1 Å². The molecule has 4 heteroatoms. The molecule has 0 N–H and O–H groups in total. The molecule has 0 amide bonds. The molecule has 5 aromatic rings. The first-order valence-corrected chi connectivity index (χ1v) is 8.80. The number of benzene rings is 2. The van der Waals surface area contributed by atoms with Crippen molar-refractivity contribution in [3.63, 3.8) is 0 Å². The normalized spacial score (nSPS) is 11.4. The molecule has 3 nitrogen and oxygen atoms in total. The highest BCUT2D eigenvalue weighted by atomic mass is 79.9. The molecule has 0 atom stereocenters. The quantitative estimate of drug-likeness (QED) is 0.209. The smallest absolute Gasteiger partial charge is 0.162 e. The van der Waals surface area contributed by atoms with Crippen molar-refractivity contribution in [1.29, 1.82) is 0 Å². The van der Waals surface area contributed by atoms with E-state index < -0.39 is 0 Å². The van der Waals surface area contributed by atoms with Gasteiger partial charge in [-0.15, -0.1) is 0 Å². The lowest BCUT2D eigenvalue weighted by Gasteiger charge is -2.12. The molecule has 0 radical (unpaired) electrons. The Labute approximate surface area is 152 Å². The maximum Gasteiger partial charge on any atom is 0.162 e. The van der Waals surface area contributed by atoms with Crippen molar-refractivity contribution < 1.29 is 0 Å². The standard InChI is InChI=1S/C21H12BrN3/c22-18-11-10-15-20-16(12-23-21(15)25-18)19(13-6-2-1-3-7-13)14-8-4-5-9-17(14)24-20/h1-12H. The summed E-state index contributed by atoms with van der Waals surface area (Å²) in [6, 6.07) is 22.6. The number of halogens is 1. The number of hydrogen-bond acceptors (Lipinski definition) is 3. The molecule has 0 saturated heterocycles. The maximum atomic E-state index is 4.93. The van der Waals surface area contributed by atoms with Crippen molar-refractivity contribution in [1.82, 2.24) is 15.0 Å². The first kappa shape index (κ1) is 14.5. The Morgan fingerprint density at radius 2 is 1.48 bits per heavy atom. The molecule has 118 valence electrons. The van der Waals surface area contributed by atoms with Crippen molar-refractivity contribution in [2.75, 3.05) is 0 Å². The van der Waals surface area contributed by atoms with Gasteiger partial charge in [0.15, 0.2) is 5.65 Å². The minimum absolute atomic E-state index is 0.698. The molecule has 2 aromatic carbocycles. The fourth-order valence-electron chi connectivity index (χ4n) is 3.31. The molecule has 0 spiro atoms. The number of rotatable bonds is 1. The summed E-state index contributed by atoms with van der Waals surface area (Å²) >= 11 is 3.42. The summed E-state index contributed by atoms with van der Waals surface area (Å²) in [5.74, 6) is 0. The van der Waals surface area contributed by atoms with E-state index in [0.717, 1.165) is 37.4 Å². The molecule has 0 fully saturated rings. The monoisotopic (exact) mass is 385 g/mol. The van der Waals surface area contributed by atoms with E-state index in [4.69, 9.17) is 4.98 Å². The van der Waals surface area contributed by atoms with Gasteiger partial charge < -0.3 is 0 Å². The zero-order chi connectivity index (χ0) is 16.8. The Morgan fingerprint density at radius 1 is 0.680 bits per heavy atom. The van der Waals surface area contributed by atoms with Crippen LogP contribution in [0.15, 0.2) is 77.5 Å². The highest BCUT2D eigenvalue weighted by Gasteiger charge is 2.14. The third kappa shape index (κ3) is 2.29. The van der Waals surface area contributed by atoms with Crippen LogP contribution in [0.4, 0.5) is 0 Å². The van der Waals surface area contributed by atoms with Gasteiger partial charge in [-0.3, -0.25) is 0 Å². The average molecular weight is 386 g/mol. The van der Waals surface area contributed by atoms with E-state index in [1.807, 2.05) is 30.5 Å². The molecule has 5 rings (SSSR count). The summed E-state index contributed by atoms with van der Waals surface area (Å²) in [4.78, 5) is 14.0. The molecular formula is C21H12BrN3. The second kappa shape index (κ2) is 5.60. The highest BCUT2D eigenvalue weighted by Crippen LogP contribution is 2.36. The van der Waals surface area contributed by atoms with Crippen LogP contribution < -0.4 is 0 Å². The van der Waals surface area contributed by atoms with Gasteiger partial charge in [-0.25, -0.2) is 15.0 Å². The van der Waals surface area contributed by atoms with Gasteiger partial charge in [-0.2, -0.15) is 0 Å². The third-order valence-electron chi connectivity index (χ3n) is 4.40. The van der Waals surface area contributed by atoms with Crippen LogP contribution in [-0.4, -0.2) is 15.0 Å². The highest BCUT2D eigenvalue weighted by molar-refractivity contribution is 9.10. The van der Waals surface area contributed by atoms with Crippen molar-refractivity contribution in [3.05, 3.63) is 77.5 Å². The minimum atomic E-state index is 0.698. The summed E-state index contributed by atoms with van der Waals surface area (Å²) in [5, 5.41) is 3.14. The van der Waals surface area contributed by atoms with E-state index in [9.17, 15) is 0 Å². The van der Waals surface area contributed by atoms with Crippen LogP contribution in [0, 0.1) is 0 Å². The molecule has 0 bridgehead atoms. The molecule has 25 heavy (non-hydrogen) atoms. The summed E-state index contributed by atoms with van der Waals surface area (Å²) in [6.45, 7) is 0. The number of para-hydroxylation sites is 1. The van der Waals surface area contributed by atoms with Gasteiger partial charge in [0.2, 0.25) is 0 Å². The largest absolute Gasteiger partial charge is 0.247 e. The number of nitrogens with zero attached hydrogens (tertiary/aromatic N) is 3. The number of pyridine rings is 3. The van der Waals surface area contributed by atoms with E-state index in [2.05, 4.69) is 68.4 Å². The number of aromatic nitrogens is 3. The molecular weight excluding hydrogens is 374 g/mol. The Hall–Kier alpha value is -2.85. The first-order chi connectivity index (χ1) is 12.3. The van der Waals surface area contributed by atoms with Gasteiger partial charge in [0.1, 0.15) is 4.60 Å². The molecule has 0 aliphatic rings. The van der Waals surface area contributed by atoms with Gasteiger partial charge in [0, 0.05) is 27.9 Å². The van der Waals surface area contributed by atoms with E-state index in [1.54, 1.807) is 0 Å². The van der Waals surface area contributed by atoms with Crippen molar-refractivity contribution in [2.45, 2.75) is 0 Å². The van der Waals surface area contributed by atoms with Crippen LogP contribution in [0.5, 0.6) is 0 Å². The minimum Gasteiger partial charge on any atom is -0.247 e. The Bertz CT molecular complexity index is 1250. The zero-order valence-electron chi connectivity index (χ0n) is 13.1. The Morgan fingerprint density at radius 3 is 2.36 bits per heavy atom. The molecule has 3 heterocycles. The first-order valence-electron chi connectivity index (χ1n) is 8.00. The lowest BCUT2D eigenvalue weighted by Crippen LogP contribution is -1.93. The fraction of sp³-hybridized carbons (Fsp3) is 0. The summed E-state index contributed by atoms with van der Waals surface area (Å²) in [7, 11) is 0. The lowest BCUT2D eigenvalue weighted by molar-refractivity contribution is 1.26. The van der Waals surface area contributed by atoms with Crippen LogP contribution in [0.1, 0.15) is 0 Å². The predicted octanol–water partition coefficient (Wildman–Crippen LogP) is 5.76. The van der Waals surface area contributed by atoms with Crippen LogP contribution >= 0.6 is 15.9 Å². The van der Waals surface area contributed by atoms with Crippen LogP contribution in [0.25, 0.3) is 44.0 Å². The molecule has 0 aliphatic heterocycles. The molecule has 0 aliphatic carbocycles.